The van der Waals surface area contributed by atoms with E-state index in [0.717, 1.165) is 11.3 Å². The third kappa shape index (κ3) is 3.12. The van der Waals surface area contributed by atoms with Crippen molar-refractivity contribution in [2.75, 3.05) is 5.32 Å². The van der Waals surface area contributed by atoms with Gasteiger partial charge in [-0.15, -0.1) is 11.3 Å². The number of nitrogens with zero attached hydrogens (tertiary/aromatic N) is 1. The molecule has 0 fully saturated rings. The zero-order chi connectivity index (χ0) is 14.0. The fourth-order valence-corrected chi connectivity index (χ4v) is 2.75. The van der Waals surface area contributed by atoms with E-state index >= 15 is 0 Å². The Labute approximate surface area is 116 Å². The molecular weight excluding hydrogens is 260 g/mol. The van der Waals surface area contributed by atoms with Gasteiger partial charge in [-0.25, -0.2) is 0 Å². The van der Waals surface area contributed by atoms with Crippen LogP contribution in [0.2, 0.25) is 0 Å². The van der Waals surface area contributed by atoms with Crippen molar-refractivity contribution in [2.24, 2.45) is 0 Å². The fourth-order valence-electron chi connectivity index (χ4n) is 1.87. The lowest BCUT2D eigenvalue weighted by Crippen LogP contribution is -2.06. The van der Waals surface area contributed by atoms with E-state index in [1.165, 1.54) is 15.8 Å². The summed E-state index contributed by atoms with van der Waals surface area (Å²) in [5.74, 6) is 0. The van der Waals surface area contributed by atoms with Gasteiger partial charge in [0.05, 0.1) is 11.0 Å². The molecule has 2 aromatic rings. The van der Waals surface area contributed by atoms with E-state index in [0.29, 0.717) is 0 Å². The van der Waals surface area contributed by atoms with Crippen LogP contribution in [0.1, 0.15) is 28.3 Å². The molecule has 0 spiro atoms. The van der Waals surface area contributed by atoms with Crippen LogP contribution in [0.25, 0.3) is 0 Å². The number of aryl methyl sites for hydroxylation is 2. The lowest BCUT2D eigenvalue weighted by atomic mass is 10.1. The molecule has 1 aromatic heterocycles. The Balaban J connectivity index is 2.22. The molecule has 19 heavy (non-hydrogen) atoms. The molecule has 2 rings (SSSR count). The van der Waals surface area contributed by atoms with Crippen molar-refractivity contribution in [3.63, 3.8) is 0 Å². The maximum Gasteiger partial charge on any atom is 0.271 e. The molecule has 0 aliphatic carbocycles. The first-order chi connectivity index (χ1) is 8.97. The van der Waals surface area contributed by atoms with Crippen LogP contribution in [0.3, 0.4) is 0 Å². The highest BCUT2D eigenvalue weighted by Gasteiger charge is 2.12. The van der Waals surface area contributed by atoms with Crippen LogP contribution >= 0.6 is 11.3 Å². The minimum Gasteiger partial charge on any atom is -0.377 e. The molecule has 1 N–H and O–H groups in total. The second-order valence-corrected chi connectivity index (χ2v) is 5.89. The summed E-state index contributed by atoms with van der Waals surface area (Å²) < 4.78 is 0. The second kappa shape index (κ2) is 5.40. The van der Waals surface area contributed by atoms with E-state index in [-0.39, 0.29) is 16.7 Å². The Hall–Kier alpha value is -1.88. The van der Waals surface area contributed by atoms with Crippen molar-refractivity contribution < 1.29 is 4.92 Å². The first kappa shape index (κ1) is 13.5. The van der Waals surface area contributed by atoms with Crippen LogP contribution in [0.5, 0.6) is 0 Å². The number of nitro benzene ring substituents is 1. The molecule has 1 unspecified atom stereocenters. The van der Waals surface area contributed by atoms with Crippen LogP contribution in [-0.2, 0) is 0 Å². The predicted octanol–water partition coefficient (Wildman–Crippen LogP) is 4.45. The summed E-state index contributed by atoms with van der Waals surface area (Å²) in [7, 11) is 0. The number of rotatable bonds is 4. The van der Waals surface area contributed by atoms with Crippen LogP contribution in [0, 0.1) is 24.0 Å². The van der Waals surface area contributed by atoms with Gasteiger partial charge in [0.25, 0.3) is 5.69 Å². The lowest BCUT2D eigenvalue weighted by molar-refractivity contribution is -0.384. The Bertz CT molecular complexity index is 607. The zero-order valence-electron chi connectivity index (χ0n) is 11.1. The van der Waals surface area contributed by atoms with Gasteiger partial charge in [0.15, 0.2) is 0 Å². The second-order valence-electron chi connectivity index (χ2n) is 4.57. The third-order valence-electron chi connectivity index (χ3n) is 2.99. The number of anilines is 1. The molecule has 4 nitrogen and oxygen atoms in total. The zero-order valence-corrected chi connectivity index (χ0v) is 12.0. The number of benzene rings is 1. The van der Waals surface area contributed by atoms with Crippen molar-refractivity contribution in [2.45, 2.75) is 26.8 Å². The average molecular weight is 276 g/mol. The van der Waals surface area contributed by atoms with Crippen molar-refractivity contribution in [1.82, 2.24) is 0 Å². The Kier molecular flexibility index (Phi) is 3.85. The van der Waals surface area contributed by atoms with E-state index in [9.17, 15) is 10.1 Å². The lowest BCUT2D eigenvalue weighted by Gasteiger charge is -2.15. The van der Waals surface area contributed by atoms with Crippen LogP contribution < -0.4 is 5.32 Å². The first-order valence-corrected chi connectivity index (χ1v) is 6.87. The molecule has 0 radical (unpaired) electrons. The van der Waals surface area contributed by atoms with Crippen molar-refractivity contribution >= 4 is 22.7 Å². The van der Waals surface area contributed by atoms with Gasteiger partial charge < -0.3 is 5.32 Å². The SMILES string of the molecule is Cc1ccc(C(C)Nc2cc([N+](=O)[O-])ccc2C)s1. The summed E-state index contributed by atoms with van der Waals surface area (Å²) in [6.07, 6.45) is 0. The quantitative estimate of drug-likeness (QED) is 0.663. The fraction of sp³-hybridized carbons (Fsp3) is 0.286. The molecule has 1 heterocycles. The summed E-state index contributed by atoms with van der Waals surface area (Å²) in [4.78, 5) is 12.9. The van der Waals surface area contributed by atoms with Gasteiger partial charge in [-0.3, -0.25) is 10.1 Å². The van der Waals surface area contributed by atoms with Crippen LogP contribution in [-0.4, -0.2) is 4.92 Å². The van der Waals surface area contributed by atoms with E-state index in [4.69, 9.17) is 0 Å². The number of nitro groups is 1. The monoisotopic (exact) mass is 276 g/mol. The highest BCUT2D eigenvalue weighted by atomic mass is 32.1. The van der Waals surface area contributed by atoms with Gasteiger partial charge in [0.2, 0.25) is 0 Å². The number of hydrogen-bond donors (Lipinski definition) is 1. The molecule has 1 aromatic carbocycles. The van der Waals surface area contributed by atoms with Gasteiger partial charge in [0.1, 0.15) is 0 Å². The minimum absolute atomic E-state index is 0.114. The maximum atomic E-state index is 10.8. The van der Waals surface area contributed by atoms with E-state index < -0.39 is 0 Å². The number of hydrogen-bond acceptors (Lipinski definition) is 4. The minimum atomic E-state index is -0.370. The summed E-state index contributed by atoms with van der Waals surface area (Å²) in [5, 5.41) is 14.1. The Morgan fingerprint density at radius 3 is 2.58 bits per heavy atom. The molecule has 1 atom stereocenters. The first-order valence-electron chi connectivity index (χ1n) is 6.05. The van der Waals surface area contributed by atoms with Crippen LogP contribution in [0.15, 0.2) is 30.3 Å². The van der Waals surface area contributed by atoms with Gasteiger partial charge in [-0.05, 0) is 38.5 Å². The molecule has 0 aliphatic heterocycles. The molecular formula is C14H16N2O2S. The van der Waals surface area contributed by atoms with Gasteiger partial charge in [-0.2, -0.15) is 0 Å². The van der Waals surface area contributed by atoms with Crippen molar-refractivity contribution in [3.05, 3.63) is 55.8 Å². The maximum absolute atomic E-state index is 10.8. The summed E-state index contributed by atoms with van der Waals surface area (Å²) in [6, 6.07) is 9.20. The normalized spacial score (nSPS) is 12.2. The van der Waals surface area contributed by atoms with Gasteiger partial charge in [-0.1, -0.05) is 6.07 Å². The summed E-state index contributed by atoms with van der Waals surface area (Å²) in [5.41, 5.74) is 1.93. The topological polar surface area (TPSA) is 55.2 Å². The van der Waals surface area contributed by atoms with Crippen molar-refractivity contribution in [1.29, 1.82) is 0 Å². The highest BCUT2D eigenvalue weighted by Crippen LogP contribution is 2.29. The highest BCUT2D eigenvalue weighted by molar-refractivity contribution is 7.12. The predicted molar refractivity (Wildman–Crippen MR) is 78.9 cm³/mol. The molecule has 0 bridgehead atoms. The number of non-ortho nitro benzene ring substituents is 1. The molecule has 0 aliphatic rings. The van der Waals surface area contributed by atoms with Crippen molar-refractivity contribution in [3.8, 4) is 0 Å². The smallest absolute Gasteiger partial charge is 0.271 e. The van der Waals surface area contributed by atoms with E-state index in [1.54, 1.807) is 23.5 Å². The molecule has 0 saturated heterocycles. The van der Waals surface area contributed by atoms with Crippen LogP contribution in [0.4, 0.5) is 11.4 Å². The summed E-state index contributed by atoms with van der Waals surface area (Å²) in [6.45, 7) is 6.07. The standard InChI is InChI=1S/C14H16N2O2S/c1-9-4-6-12(16(17)18)8-13(9)15-11(3)14-7-5-10(2)19-14/h4-8,11,15H,1-3H3. The Morgan fingerprint density at radius 2 is 2.00 bits per heavy atom. The van der Waals surface area contributed by atoms with Gasteiger partial charge in [0, 0.05) is 27.6 Å². The number of nitrogens with one attached hydrogen (secondary N) is 1. The van der Waals surface area contributed by atoms with E-state index in [1.807, 2.05) is 6.92 Å². The Morgan fingerprint density at radius 1 is 1.26 bits per heavy atom. The van der Waals surface area contributed by atoms with Gasteiger partial charge >= 0.3 is 0 Å². The largest absolute Gasteiger partial charge is 0.377 e. The molecule has 5 heteroatoms. The molecule has 0 amide bonds. The number of thiophene rings is 1. The summed E-state index contributed by atoms with van der Waals surface area (Å²) >= 11 is 1.74. The molecule has 100 valence electrons. The molecule has 0 saturated carbocycles. The third-order valence-corrected chi connectivity index (χ3v) is 4.18. The van der Waals surface area contributed by atoms with E-state index in [2.05, 4.69) is 31.3 Å². The average Bonchev–Trinajstić information content (AvgIpc) is 2.78.